The molecule has 2 aromatic rings. The Labute approximate surface area is 98.8 Å². The second kappa shape index (κ2) is 4.61. The summed E-state index contributed by atoms with van der Waals surface area (Å²) in [5.41, 5.74) is 2.26. The van der Waals surface area contributed by atoms with E-state index in [0.29, 0.717) is 0 Å². The number of benzene rings is 1. The summed E-state index contributed by atoms with van der Waals surface area (Å²) in [5.74, 6) is 0. The van der Waals surface area contributed by atoms with Crippen LogP contribution in [0.15, 0.2) is 34.5 Å². The number of fused-ring (bicyclic) bond motifs is 1. The van der Waals surface area contributed by atoms with E-state index in [0.717, 1.165) is 16.9 Å². The maximum absolute atomic E-state index is 4.28. The van der Waals surface area contributed by atoms with Crippen molar-refractivity contribution in [2.24, 2.45) is 17.3 Å². The maximum Gasteiger partial charge on any atom is 0.211 e. The molecule has 4 heteroatoms. The monoisotopic (exact) mass is 233 g/mol. The zero-order chi connectivity index (χ0) is 11.5. The van der Waals surface area contributed by atoms with Gasteiger partial charge in [-0.3, -0.25) is 0 Å². The Kier molecular flexibility index (Phi) is 3.19. The molecule has 0 amide bonds. The summed E-state index contributed by atoms with van der Waals surface area (Å²) in [6, 6.07) is 8.29. The van der Waals surface area contributed by atoms with Crippen LogP contribution in [0.3, 0.4) is 0 Å². The molecule has 0 N–H and O–H groups in total. The zero-order valence-corrected chi connectivity index (χ0v) is 10.6. The van der Waals surface area contributed by atoms with Gasteiger partial charge in [0, 0.05) is 12.8 Å². The van der Waals surface area contributed by atoms with E-state index >= 15 is 0 Å². The van der Waals surface area contributed by atoms with Gasteiger partial charge in [-0.25, -0.2) is 0 Å². The molecule has 0 unspecified atom stereocenters. The Bertz CT molecular complexity index is 590. The summed E-state index contributed by atoms with van der Waals surface area (Å²) in [6.45, 7) is 4.08. The molecule has 16 heavy (non-hydrogen) atoms. The van der Waals surface area contributed by atoms with Crippen LogP contribution < -0.4 is 4.80 Å². The van der Waals surface area contributed by atoms with Gasteiger partial charge in [-0.1, -0.05) is 30.4 Å². The standard InChI is InChI=1S/C12H15N3S/c1-4-9(2)13-14-12-15(3)10-7-5-6-8-11(10)16-12/h5-8H,4H2,1-3H3/b13-9+,14-12-. The number of aryl methyl sites for hydroxylation is 1. The minimum Gasteiger partial charge on any atom is -0.318 e. The fraction of sp³-hybridized carbons (Fsp3) is 0.333. The quantitative estimate of drug-likeness (QED) is 0.564. The van der Waals surface area contributed by atoms with Crippen LogP contribution in [0.25, 0.3) is 10.2 Å². The minimum absolute atomic E-state index is 0.939. The van der Waals surface area contributed by atoms with Crippen LogP contribution in [0.2, 0.25) is 0 Å². The van der Waals surface area contributed by atoms with Crippen LogP contribution in [-0.4, -0.2) is 10.3 Å². The van der Waals surface area contributed by atoms with Gasteiger partial charge in [0.1, 0.15) is 0 Å². The topological polar surface area (TPSA) is 29.6 Å². The molecule has 3 nitrogen and oxygen atoms in total. The zero-order valence-electron chi connectivity index (χ0n) is 9.77. The molecule has 0 fully saturated rings. The van der Waals surface area contributed by atoms with Crippen molar-refractivity contribution in [3.05, 3.63) is 29.1 Å². The molecule has 0 spiro atoms. The van der Waals surface area contributed by atoms with Crippen molar-refractivity contribution in [2.45, 2.75) is 20.3 Å². The van der Waals surface area contributed by atoms with Crippen molar-refractivity contribution in [2.75, 3.05) is 0 Å². The van der Waals surface area contributed by atoms with Crippen LogP contribution >= 0.6 is 11.3 Å². The van der Waals surface area contributed by atoms with Crippen molar-refractivity contribution in [1.82, 2.24) is 4.57 Å². The first-order chi connectivity index (χ1) is 7.72. The predicted octanol–water partition coefficient (Wildman–Crippen LogP) is 2.93. The fourth-order valence-corrected chi connectivity index (χ4v) is 2.35. The average molecular weight is 233 g/mol. The highest BCUT2D eigenvalue weighted by molar-refractivity contribution is 7.16. The number of aromatic nitrogens is 1. The molecule has 0 aliphatic carbocycles. The Morgan fingerprint density at radius 1 is 1.38 bits per heavy atom. The van der Waals surface area contributed by atoms with Gasteiger partial charge in [0.2, 0.25) is 4.80 Å². The highest BCUT2D eigenvalue weighted by Gasteiger charge is 2.00. The van der Waals surface area contributed by atoms with Crippen LogP contribution in [-0.2, 0) is 7.05 Å². The van der Waals surface area contributed by atoms with E-state index in [1.807, 2.05) is 26.1 Å². The third kappa shape index (κ3) is 2.07. The lowest BCUT2D eigenvalue weighted by Crippen LogP contribution is -2.09. The molecule has 0 aliphatic rings. The molecule has 1 aromatic carbocycles. The summed E-state index contributed by atoms with van der Waals surface area (Å²) in [6.07, 6.45) is 0.943. The Morgan fingerprint density at radius 3 is 2.81 bits per heavy atom. The first-order valence-corrected chi connectivity index (χ1v) is 6.15. The van der Waals surface area contributed by atoms with Gasteiger partial charge in [-0.15, -0.1) is 5.10 Å². The number of hydrogen-bond acceptors (Lipinski definition) is 3. The SMILES string of the molecule is CC/C(C)=N/N=c1\sc2ccccc2n1C. The first kappa shape index (κ1) is 11.1. The summed E-state index contributed by atoms with van der Waals surface area (Å²) in [5, 5.41) is 8.48. The van der Waals surface area contributed by atoms with Gasteiger partial charge in [0.15, 0.2) is 0 Å². The van der Waals surface area contributed by atoms with Gasteiger partial charge in [0.05, 0.1) is 10.2 Å². The van der Waals surface area contributed by atoms with Gasteiger partial charge >= 0.3 is 0 Å². The van der Waals surface area contributed by atoms with Gasteiger partial charge < -0.3 is 4.57 Å². The van der Waals surface area contributed by atoms with Crippen molar-refractivity contribution in [3.8, 4) is 0 Å². The van der Waals surface area contributed by atoms with Gasteiger partial charge in [-0.2, -0.15) is 5.10 Å². The Hall–Kier alpha value is -1.42. The second-order valence-corrected chi connectivity index (χ2v) is 4.71. The number of hydrogen-bond donors (Lipinski definition) is 0. The lowest BCUT2D eigenvalue weighted by Gasteiger charge is -1.93. The highest BCUT2D eigenvalue weighted by atomic mass is 32.1. The second-order valence-electron chi connectivity index (χ2n) is 3.70. The van der Waals surface area contributed by atoms with Crippen molar-refractivity contribution in [1.29, 1.82) is 0 Å². The van der Waals surface area contributed by atoms with E-state index in [4.69, 9.17) is 0 Å². The number of para-hydroxylation sites is 1. The van der Waals surface area contributed by atoms with Crippen LogP contribution in [0, 0.1) is 0 Å². The van der Waals surface area contributed by atoms with Gasteiger partial charge in [-0.05, 0) is 25.5 Å². The number of rotatable bonds is 2. The molecular weight excluding hydrogens is 218 g/mol. The van der Waals surface area contributed by atoms with Crippen molar-refractivity contribution in [3.63, 3.8) is 0 Å². The number of nitrogens with zero attached hydrogens (tertiary/aromatic N) is 3. The molecule has 0 radical (unpaired) electrons. The fourth-order valence-electron chi connectivity index (χ4n) is 1.38. The molecule has 1 heterocycles. The lowest BCUT2D eigenvalue weighted by atomic mass is 10.3. The summed E-state index contributed by atoms with van der Waals surface area (Å²) in [7, 11) is 2.02. The molecule has 0 aliphatic heterocycles. The number of thiazole rings is 1. The molecule has 0 atom stereocenters. The van der Waals surface area contributed by atoms with E-state index in [9.17, 15) is 0 Å². The molecule has 84 valence electrons. The van der Waals surface area contributed by atoms with E-state index in [1.165, 1.54) is 10.2 Å². The molecule has 0 saturated carbocycles. The highest BCUT2D eigenvalue weighted by Crippen LogP contribution is 2.14. The van der Waals surface area contributed by atoms with Crippen LogP contribution in [0.4, 0.5) is 0 Å². The van der Waals surface area contributed by atoms with Gasteiger partial charge in [0.25, 0.3) is 0 Å². The van der Waals surface area contributed by atoms with Crippen LogP contribution in [0.1, 0.15) is 20.3 Å². The molecule has 0 bridgehead atoms. The Balaban J connectivity index is 2.58. The van der Waals surface area contributed by atoms with Crippen LogP contribution in [0.5, 0.6) is 0 Å². The minimum atomic E-state index is 0.939. The smallest absolute Gasteiger partial charge is 0.211 e. The molecular formula is C12H15N3S. The van der Waals surface area contributed by atoms with E-state index in [1.54, 1.807) is 11.3 Å². The van der Waals surface area contributed by atoms with E-state index in [2.05, 4.69) is 33.8 Å². The molecule has 1 aromatic heterocycles. The average Bonchev–Trinajstić information content (AvgIpc) is 2.64. The normalized spacial score (nSPS) is 13.7. The van der Waals surface area contributed by atoms with E-state index in [-0.39, 0.29) is 0 Å². The molecule has 2 rings (SSSR count). The lowest BCUT2D eigenvalue weighted by molar-refractivity contribution is 0.886. The summed E-state index contributed by atoms with van der Waals surface area (Å²) >= 11 is 1.67. The third-order valence-corrected chi connectivity index (χ3v) is 3.64. The van der Waals surface area contributed by atoms with Crippen molar-refractivity contribution < 1.29 is 0 Å². The third-order valence-electron chi connectivity index (χ3n) is 2.53. The van der Waals surface area contributed by atoms with Crippen molar-refractivity contribution >= 4 is 27.3 Å². The summed E-state index contributed by atoms with van der Waals surface area (Å²) in [4.78, 5) is 0.939. The van der Waals surface area contributed by atoms with E-state index < -0.39 is 0 Å². The predicted molar refractivity (Wildman–Crippen MR) is 69.8 cm³/mol. The first-order valence-electron chi connectivity index (χ1n) is 5.34. The Morgan fingerprint density at radius 2 is 2.12 bits per heavy atom. The molecule has 0 saturated heterocycles. The maximum atomic E-state index is 4.28. The summed E-state index contributed by atoms with van der Waals surface area (Å²) < 4.78 is 3.32. The largest absolute Gasteiger partial charge is 0.318 e.